The highest BCUT2D eigenvalue weighted by Crippen LogP contribution is 2.22. The molecule has 2 aromatic rings. The largest absolute Gasteiger partial charge is 0.352 e. The van der Waals surface area contributed by atoms with Crippen LogP contribution in [0.3, 0.4) is 0 Å². The van der Waals surface area contributed by atoms with Crippen LogP contribution in [0, 0.1) is 6.92 Å². The van der Waals surface area contributed by atoms with Gasteiger partial charge in [-0.3, -0.25) is 4.79 Å². The predicted octanol–water partition coefficient (Wildman–Crippen LogP) is 4.55. The maximum atomic E-state index is 12.0. The predicted molar refractivity (Wildman–Crippen MR) is 86.9 cm³/mol. The quantitative estimate of drug-likeness (QED) is 0.798. The van der Waals surface area contributed by atoms with Crippen molar-refractivity contribution in [1.82, 2.24) is 5.32 Å². The first-order valence-electron chi connectivity index (χ1n) is 5.84. The van der Waals surface area contributed by atoms with Crippen molar-refractivity contribution in [3.05, 3.63) is 54.6 Å². The fourth-order valence-corrected chi connectivity index (χ4v) is 3.85. The fourth-order valence-electron chi connectivity index (χ4n) is 1.75. The summed E-state index contributed by atoms with van der Waals surface area (Å²) in [6, 6.07) is 9.81. The number of carbonyl (C=O) groups excluding carboxylic acids is 1. The van der Waals surface area contributed by atoms with E-state index >= 15 is 0 Å². The molecule has 0 radical (unpaired) electrons. The molecule has 1 aromatic carbocycles. The van der Waals surface area contributed by atoms with E-state index in [1.165, 1.54) is 4.88 Å². The summed E-state index contributed by atoms with van der Waals surface area (Å²) in [5.74, 6) is -0.0278. The molecule has 1 amide bonds. The lowest BCUT2D eigenvalue weighted by Gasteiger charge is -2.06. The molecule has 1 heterocycles. The lowest BCUT2D eigenvalue weighted by atomic mass is 10.1. The number of aryl methyl sites for hydroxylation is 1. The van der Waals surface area contributed by atoms with Crippen molar-refractivity contribution >= 4 is 49.1 Å². The summed E-state index contributed by atoms with van der Waals surface area (Å²) in [7, 11) is 0. The Morgan fingerprint density at radius 3 is 2.68 bits per heavy atom. The lowest BCUT2D eigenvalue weighted by molar-refractivity contribution is 0.0954. The highest BCUT2D eigenvalue weighted by molar-refractivity contribution is 9.11. The van der Waals surface area contributed by atoms with Crippen LogP contribution in [0.25, 0.3) is 0 Å². The van der Waals surface area contributed by atoms with E-state index in [1.807, 2.05) is 31.2 Å². The number of thiophene rings is 1. The third kappa shape index (κ3) is 4.44. The second-order valence-electron chi connectivity index (χ2n) is 4.23. The van der Waals surface area contributed by atoms with E-state index in [9.17, 15) is 4.79 Å². The zero-order valence-electron chi connectivity index (χ0n) is 10.4. The molecule has 1 aromatic heterocycles. The van der Waals surface area contributed by atoms with Gasteiger partial charge in [0.05, 0.1) is 3.79 Å². The highest BCUT2D eigenvalue weighted by Gasteiger charge is 2.07. The number of nitrogens with one attached hydrogen (secondary N) is 1. The summed E-state index contributed by atoms with van der Waals surface area (Å²) in [4.78, 5) is 13.3. The molecule has 5 heteroatoms. The third-order valence-electron chi connectivity index (χ3n) is 2.59. The number of halogens is 2. The molecule has 0 spiro atoms. The molecule has 19 heavy (non-hydrogen) atoms. The fraction of sp³-hybridized carbons (Fsp3) is 0.214. The number of carbonyl (C=O) groups is 1. The SMILES string of the molecule is Cc1cc(Br)cc(C(=O)NCCc2ccc(Br)s2)c1. The smallest absolute Gasteiger partial charge is 0.251 e. The van der Waals surface area contributed by atoms with Crippen LogP contribution in [0.1, 0.15) is 20.8 Å². The van der Waals surface area contributed by atoms with Gasteiger partial charge in [-0.1, -0.05) is 15.9 Å². The minimum Gasteiger partial charge on any atom is -0.352 e. The van der Waals surface area contributed by atoms with Gasteiger partial charge in [0.2, 0.25) is 0 Å². The zero-order valence-corrected chi connectivity index (χ0v) is 14.4. The molecule has 0 bridgehead atoms. The Balaban J connectivity index is 1.90. The van der Waals surface area contributed by atoms with Crippen LogP contribution in [0.4, 0.5) is 0 Å². The van der Waals surface area contributed by atoms with Gasteiger partial charge in [0.15, 0.2) is 0 Å². The molecule has 2 nitrogen and oxygen atoms in total. The molecule has 1 N–H and O–H groups in total. The van der Waals surface area contributed by atoms with Crippen LogP contribution in [0.2, 0.25) is 0 Å². The molecular weight excluding hydrogens is 390 g/mol. The standard InChI is InChI=1S/C14H13Br2NOS/c1-9-6-10(8-11(15)7-9)14(18)17-5-4-12-2-3-13(16)19-12/h2-3,6-8H,4-5H2,1H3,(H,17,18). The van der Waals surface area contributed by atoms with E-state index in [0.717, 1.165) is 20.2 Å². The molecular formula is C14H13Br2NOS. The highest BCUT2D eigenvalue weighted by atomic mass is 79.9. The summed E-state index contributed by atoms with van der Waals surface area (Å²) in [5.41, 5.74) is 1.76. The van der Waals surface area contributed by atoms with Crippen molar-refractivity contribution < 1.29 is 4.79 Å². The van der Waals surface area contributed by atoms with Crippen molar-refractivity contribution in [1.29, 1.82) is 0 Å². The maximum Gasteiger partial charge on any atom is 0.251 e. The van der Waals surface area contributed by atoms with E-state index in [4.69, 9.17) is 0 Å². The first kappa shape index (κ1) is 14.8. The average molecular weight is 403 g/mol. The van der Waals surface area contributed by atoms with Gasteiger partial charge in [0.1, 0.15) is 0 Å². The van der Waals surface area contributed by atoms with Gasteiger partial charge in [0.25, 0.3) is 5.91 Å². The van der Waals surface area contributed by atoms with Crippen molar-refractivity contribution in [2.75, 3.05) is 6.54 Å². The summed E-state index contributed by atoms with van der Waals surface area (Å²) < 4.78 is 2.05. The molecule has 0 saturated heterocycles. The summed E-state index contributed by atoms with van der Waals surface area (Å²) in [6.07, 6.45) is 0.856. The number of benzene rings is 1. The normalized spacial score (nSPS) is 10.5. The second kappa shape index (κ2) is 6.68. The Morgan fingerprint density at radius 2 is 2.05 bits per heavy atom. The van der Waals surface area contributed by atoms with E-state index in [0.29, 0.717) is 12.1 Å². The zero-order chi connectivity index (χ0) is 13.8. The van der Waals surface area contributed by atoms with Crippen LogP contribution in [0.5, 0.6) is 0 Å². The van der Waals surface area contributed by atoms with Crippen LogP contribution >= 0.6 is 43.2 Å². The second-order valence-corrected chi connectivity index (χ2v) is 7.69. The Bertz CT molecular complexity index is 575. The van der Waals surface area contributed by atoms with Crippen molar-refractivity contribution in [2.24, 2.45) is 0 Å². The summed E-state index contributed by atoms with van der Waals surface area (Å²) in [5, 5.41) is 2.94. The van der Waals surface area contributed by atoms with Gasteiger partial charge in [-0.25, -0.2) is 0 Å². The Hall–Kier alpha value is -0.650. The van der Waals surface area contributed by atoms with E-state index in [1.54, 1.807) is 11.3 Å². The molecule has 0 aliphatic rings. The van der Waals surface area contributed by atoms with Gasteiger partial charge in [-0.05, 0) is 65.2 Å². The molecule has 0 aliphatic carbocycles. The van der Waals surface area contributed by atoms with Crippen molar-refractivity contribution in [3.63, 3.8) is 0 Å². The van der Waals surface area contributed by atoms with Gasteiger partial charge < -0.3 is 5.32 Å². The first-order chi connectivity index (χ1) is 9.04. The van der Waals surface area contributed by atoms with Gasteiger partial charge in [-0.2, -0.15) is 0 Å². The van der Waals surface area contributed by atoms with Crippen LogP contribution in [0.15, 0.2) is 38.6 Å². The number of amides is 1. The minimum atomic E-state index is -0.0278. The van der Waals surface area contributed by atoms with Crippen molar-refractivity contribution in [2.45, 2.75) is 13.3 Å². The van der Waals surface area contributed by atoms with Crippen LogP contribution in [-0.4, -0.2) is 12.5 Å². The Morgan fingerprint density at radius 1 is 1.26 bits per heavy atom. The average Bonchev–Trinajstić information content (AvgIpc) is 2.73. The number of hydrogen-bond donors (Lipinski definition) is 1. The third-order valence-corrected chi connectivity index (χ3v) is 4.73. The molecule has 0 unspecified atom stereocenters. The van der Waals surface area contributed by atoms with Crippen LogP contribution < -0.4 is 5.32 Å². The molecule has 0 fully saturated rings. The summed E-state index contributed by atoms with van der Waals surface area (Å²) in [6.45, 7) is 2.63. The van der Waals surface area contributed by atoms with E-state index < -0.39 is 0 Å². The summed E-state index contributed by atoms with van der Waals surface area (Å²) >= 11 is 8.53. The van der Waals surface area contributed by atoms with E-state index in [-0.39, 0.29) is 5.91 Å². The minimum absolute atomic E-state index is 0.0278. The van der Waals surface area contributed by atoms with Gasteiger partial charge in [-0.15, -0.1) is 11.3 Å². The first-order valence-corrected chi connectivity index (χ1v) is 8.24. The maximum absolute atomic E-state index is 12.0. The van der Waals surface area contributed by atoms with Crippen molar-refractivity contribution in [3.8, 4) is 0 Å². The topological polar surface area (TPSA) is 29.1 Å². The van der Waals surface area contributed by atoms with Crippen LogP contribution in [-0.2, 0) is 6.42 Å². The monoisotopic (exact) mass is 401 g/mol. The Labute approximate surface area is 133 Å². The van der Waals surface area contributed by atoms with Gasteiger partial charge >= 0.3 is 0 Å². The van der Waals surface area contributed by atoms with E-state index in [2.05, 4.69) is 43.2 Å². The number of rotatable bonds is 4. The molecule has 0 saturated carbocycles. The number of hydrogen-bond acceptors (Lipinski definition) is 2. The molecule has 0 aliphatic heterocycles. The Kier molecular flexibility index (Phi) is 5.19. The molecule has 100 valence electrons. The molecule has 0 atom stereocenters. The van der Waals surface area contributed by atoms with Gasteiger partial charge in [0, 0.05) is 21.5 Å². The lowest BCUT2D eigenvalue weighted by Crippen LogP contribution is -2.25. The molecule has 2 rings (SSSR count).